The molecule has 7 heteroatoms. The van der Waals surface area contributed by atoms with Gasteiger partial charge < -0.3 is 15.4 Å². The summed E-state index contributed by atoms with van der Waals surface area (Å²) in [4.78, 5) is 4.47. The summed E-state index contributed by atoms with van der Waals surface area (Å²) in [6.07, 6.45) is 0.734. The molecule has 0 amide bonds. The minimum absolute atomic E-state index is 0.180. The molecule has 1 fully saturated rings. The van der Waals surface area contributed by atoms with E-state index in [1.165, 1.54) is 0 Å². The fraction of sp³-hybridized carbons (Fsp3) is 0.923. The number of nitrogens with zero attached hydrogens (tertiary/aromatic N) is 1. The molecule has 0 aromatic carbocycles. The third kappa shape index (κ3) is 6.09. The van der Waals surface area contributed by atoms with E-state index < -0.39 is 9.84 Å². The zero-order chi connectivity index (χ0) is 15.2. The normalized spacial score (nSPS) is 22.8. The summed E-state index contributed by atoms with van der Waals surface area (Å²) in [7, 11) is -1.15. The number of ether oxygens (including phenoxy) is 1. The van der Waals surface area contributed by atoms with Crippen LogP contribution in [0.5, 0.6) is 0 Å². The van der Waals surface area contributed by atoms with Crippen LogP contribution in [-0.4, -0.2) is 58.2 Å². The van der Waals surface area contributed by atoms with Gasteiger partial charge in [0.05, 0.1) is 23.7 Å². The van der Waals surface area contributed by atoms with Crippen LogP contribution >= 0.6 is 0 Å². The Hall–Kier alpha value is -0.820. The molecule has 2 N–H and O–H groups in total. The lowest BCUT2D eigenvalue weighted by Gasteiger charge is -2.21. The minimum Gasteiger partial charge on any atom is -0.377 e. The molecule has 0 aliphatic carbocycles. The van der Waals surface area contributed by atoms with Crippen LogP contribution < -0.4 is 10.6 Å². The highest BCUT2D eigenvalue weighted by Gasteiger charge is 2.27. The van der Waals surface area contributed by atoms with Crippen LogP contribution in [0, 0.1) is 5.92 Å². The van der Waals surface area contributed by atoms with Crippen LogP contribution in [-0.2, 0) is 14.6 Å². The lowest BCUT2D eigenvalue weighted by Crippen LogP contribution is -2.41. The third-order valence-corrected chi connectivity index (χ3v) is 5.24. The highest BCUT2D eigenvalue weighted by atomic mass is 32.2. The Balaban J connectivity index is 2.49. The molecular weight excluding hydrogens is 278 g/mol. The number of hydrogen-bond donors (Lipinski definition) is 2. The average Bonchev–Trinajstić information content (AvgIpc) is 2.72. The standard InChI is InChI=1S/C13H27N3O3S/c1-5-14-12(16-10-13(2,3)19-4)15-8-11-6-7-20(17,18)9-11/h11H,5-10H2,1-4H3,(H2,14,15,16). The second kappa shape index (κ2) is 7.26. The molecule has 1 aliphatic rings. The van der Waals surface area contributed by atoms with Crippen molar-refractivity contribution in [1.29, 1.82) is 0 Å². The van der Waals surface area contributed by atoms with Crippen LogP contribution in [0.1, 0.15) is 27.2 Å². The van der Waals surface area contributed by atoms with Crippen LogP contribution in [0.25, 0.3) is 0 Å². The molecule has 1 rings (SSSR count). The van der Waals surface area contributed by atoms with E-state index >= 15 is 0 Å². The monoisotopic (exact) mass is 305 g/mol. The molecule has 1 aliphatic heterocycles. The molecule has 0 aromatic rings. The molecule has 0 radical (unpaired) electrons. The molecular formula is C13H27N3O3S. The van der Waals surface area contributed by atoms with Crippen molar-refractivity contribution in [3.8, 4) is 0 Å². The molecule has 0 saturated carbocycles. The second-order valence-electron chi connectivity index (χ2n) is 5.81. The predicted molar refractivity (Wildman–Crippen MR) is 81.8 cm³/mol. The number of sulfone groups is 1. The van der Waals surface area contributed by atoms with Crippen molar-refractivity contribution in [2.75, 3.05) is 38.2 Å². The van der Waals surface area contributed by atoms with Gasteiger partial charge in [-0.25, -0.2) is 8.42 Å². The summed E-state index contributed by atoms with van der Waals surface area (Å²) < 4.78 is 28.2. The number of methoxy groups -OCH3 is 1. The largest absolute Gasteiger partial charge is 0.377 e. The van der Waals surface area contributed by atoms with E-state index in [0.717, 1.165) is 13.0 Å². The SMILES string of the molecule is CCNC(=NCC(C)(C)OC)NCC1CCS(=O)(=O)C1. The molecule has 1 atom stereocenters. The number of rotatable bonds is 6. The fourth-order valence-electron chi connectivity index (χ4n) is 1.95. The van der Waals surface area contributed by atoms with Gasteiger partial charge in [-0.3, -0.25) is 4.99 Å². The van der Waals surface area contributed by atoms with Crippen LogP contribution in [0.15, 0.2) is 4.99 Å². The Morgan fingerprint density at radius 2 is 2.10 bits per heavy atom. The smallest absolute Gasteiger partial charge is 0.191 e. The lowest BCUT2D eigenvalue weighted by molar-refractivity contribution is 0.0310. The van der Waals surface area contributed by atoms with Crippen molar-refractivity contribution in [2.24, 2.45) is 10.9 Å². The van der Waals surface area contributed by atoms with Crippen molar-refractivity contribution in [1.82, 2.24) is 10.6 Å². The number of nitrogens with one attached hydrogen (secondary N) is 2. The summed E-state index contributed by atoms with van der Waals surface area (Å²) in [5.74, 6) is 1.48. The van der Waals surface area contributed by atoms with Crippen LogP contribution in [0.4, 0.5) is 0 Å². The zero-order valence-electron chi connectivity index (χ0n) is 12.9. The average molecular weight is 305 g/mol. The first-order chi connectivity index (χ1) is 9.28. The van der Waals surface area contributed by atoms with E-state index in [0.29, 0.717) is 24.8 Å². The third-order valence-electron chi connectivity index (χ3n) is 3.40. The van der Waals surface area contributed by atoms with Gasteiger partial charge in [0.15, 0.2) is 15.8 Å². The van der Waals surface area contributed by atoms with Gasteiger partial charge >= 0.3 is 0 Å². The first-order valence-corrected chi connectivity index (χ1v) is 8.88. The van der Waals surface area contributed by atoms with E-state index in [9.17, 15) is 8.42 Å². The summed E-state index contributed by atoms with van der Waals surface area (Å²) in [6, 6.07) is 0. The summed E-state index contributed by atoms with van der Waals surface area (Å²) >= 11 is 0. The minimum atomic E-state index is -2.82. The van der Waals surface area contributed by atoms with Gasteiger partial charge in [-0.1, -0.05) is 0 Å². The molecule has 0 bridgehead atoms. The highest BCUT2D eigenvalue weighted by Crippen LogP contribution is 2.17. The Morgan fingerprint density at radius 1 is 1.40 bits per heavy atom. The van der Waals surface area contributed by atoms with Gasteiger partial charge in [-0.2, -0.15) is 0 Å². The Morgan fingerprint density at radius 3 is 2.60 bits per heavy atom. The Labute approximate surface area is 122 Å². The van der Waals surface area contributed by atoms with Crippen LogP contribution in [0.2, 0.25) is 0 Å². The maximum Gasteiger partial charge on any atom is 0.191 e. The molecule has 1 saturated heterocycles. The second-order valence-corrected chi connectivity index (χ2v) is 8.04. The van der Waals surface area contributed by atoms with E-state index in [4.69, 9.17) is 4.74 Å². The molecule has 1 unspecified atom stereocenters. The highest BCUT2D eigenvalue weighted by molar-refractivity contribution is 7.91. The van der Waals surface area contributed by atoms with Gasteiger partial charge in [0.25, 0.3) is 0 Å². The number of aliphatic imine (C=N–C) groups is 1. The molecule has 1 heterocycles. The predicted octanol–water partition coefficient (Wildman–Crippen LogP) is 0.401. The van der Waals surface area contributed by atoms with Gasteiger partial charge in [0.1, 0.15) is 0 Å². The van der Waals surface area contributed by atoms with E-state index in [2.05, 4.69) is 15.6 Å². The summed E-state index contributed by atoms with van der Waals surface area (Å²) in [5, 5.41) is 6.37. The number of hydrogen-bond acceptors (Lipinski definition) is 4. The van der Waals surface area contributed by atoms with Gasteiger partial charge in [0.2, 0.25) is 0 Å². The molecule has 6 nitrogen and oxygen atoms in total. The number of guanidine groups is 1. The lowest BCUT2D eigenvalue weighted by atomic mass is 10.1. The van der Waals surface area contributed by atoms with Gasteiger partial charge in [0, 0.05) is 20.2 Å². The summed E-state index contributed by atoms with van der Waals surface area (Å²) in [6.45, 7) is 7.90. The maximum atomic E-state index is 11.4. The van der Waals surface area contributed by atoms with Crippen molar-refractivity contribution < 1.29 is 13.2 Å². The van der Waals surface area contributed by atoms with E-state index in [-0.39, 0.29) is 17.3 Å². The van der Waals surface area contributed by atoms with Crippen molar-refractivity contribution in [3.05, 3.63) is 0 Å². The first-order valence-electron chi connectivity index (χ1n) is 7.06. The molecule has 20 heavy (non-hydrogen) atoms. The van der Waals surface area contributed by atoms with E-state index in [1.807, 2.05) is 20.8 Å². The van der Waals surface area contributed by atoms with Crippen LogP contribution in [0.3, 0.4) is 0 Å². The van der Waals surface area contributed by atoms with Crippen molar-refractivity contribution >= 4 is 15.8 Å². The first kappa shape index (κ1) is 17.2. The van der Waals surface area contributed by atoms with Crippen molar-refractivity contribution in [2.45, 2.75) is 32.8 Å². The molecule has 118 valence electrons. The zero-order valence-corrected chi connectivity index (χ0v) is 13.7. The van der Waals surface area contributed by atoms with Crippen molar-refractivity contribution in [3.63, 3.8) is 0 Å². The van der Waals surface area contributed by atoms with Gasteiger partial charge in [-0.05, 0) is 33.1 Å². The molecule has 0 aromatic heterocycles. The quantitative estimate of drug-likeness (QED) is 0.548. The van der Waals surface area contributed by atoms with E-state index in [1.54, 1.807) is 7.11 Å². The fourth-order valence-corrected chi connectivity index (χ4v) is 3.81. The summed E-state index contributed by atoms with van der Waals surface area (Å²) in [5.41, 5.74) is -0.306. The maximum absolute atomic E-state index is 11.4. The molecule has 0 spiro atoms. The topological polar surface area (TPSA) is 79.8 Å². The Kier molecular flexibility index (Phi) is 6.26. The Bertz CT molecular complexity index is 432. The van der Waals surface area contributed by atoms with Gasteiger partial charge in [-0.15, -0.1) is 0 Å².